The van der Waals surface area contributed by atoms with Crippen molar-refractivity contribution in [3.05, 3.63) is 46.0 Å². The van der Waals surface area contributed by atoms with Gasteiger partial charge in [-0.15, -0.1) is 0 Å². The summed E-state index contributed by atoms with van der Waals surface area (Å²) in [4.78, 5) is 25.4. The Morgan fingerprint density at radius 1 is 1.50 bits per heavy atom. The van der Waals surface area contributed by atoms with Gasteiger partial charge in [0.05, 0.1) is 4.92 Å². The molecule has 0 bridgehead atoms. The minimum absolute atomic E-state index is 0.0949. The molecule has 0 atom stereocenters. The van der Waals surface area contributed by atoms with Crippen LogP contribution in [-0.4, -0.2) is 32.6 Å². The van der Waals surface area contributed by atoms with Crippen LogP contribution >= 0.6 is 0 Å². The molecular formula is C11H12N6O3. The van der Waals surface area contributed by atoms with Gasteiger partial charge in [0.2, 0.25) is 5.91 Å². The number of nitro benzene ring substituents is 1. The number of amides is 1. The van der Waals surface area contributed by atoms with Gasteiger partial charge in [0, 0.05) is 24.6 Å². The van der Waals surface area contributed by atoms with E-state index in [9.17, 15) is 14.9 Å². The zero-order chi connectivity index (χ0) is 14.5. The van der Waals surface area contributed by atoms with Crippen LogP contribution in [0.2, 0.25) is 0 Å². The van der Waals surface area contributed by atoms with Crippen molar-refractivity contribution in [3.63, 3.8) is 0 Å². The van der Waals surface area contributed by atoms with Gasteiger partial charge in [-0.3, -0.25) is 20.0 Å². The van der Waals surface area contributed by atoms with Crippen LogP contribution in [-0.2, 0) is 6.42 Å². The molecule has 1 amide bonds. The summed E-state index contributed by atoms with van der Waals surface area (Å²) >= 11 is 0. The number of benzene rings is 1. The minimum Gasteiger partial charge on any atom is -0.379 e. The summed E-state index contributed by atoms with van der Waals surface area (Å²) in [6.07, 6.45) is 1.92. The molecule has 2 rings (SSSR count). The number of nitrogens with two attached hydrogens (primary N) is 1. The highest BCUT2D eigenvalue weighted by Gasteiger charge is 2.16. The molecule has 9 heteroatoms. The quantitative estimate of drug-likeness (QED) is 0.517. The third-order valence-corrected chi connectivity index (χ3v) is 2.62. The summed E-state index contributed by atoms with van der Waals surface area (Å²) in [5.74, 6) is -0.0322. The van der Waals surface area contributed by atoms with E-state index in [1.54, 1.807) is 0 Å². The van der Waals surface area contributed by atoms with E-state index in [0.29, 0.717) is 24.5 Å². The van der Waals surface area contributed by atoms with Gasteiger partial charge in [-0.2, -0.15) is 5.10 Å². The fraction of sp³-hybridized carbons (Fsp3) is 0.182. The summed E-state index contributed by atoms with van der Waals surface area (Å²) in [5.41, 5.74) is 5.31. The maximum atomic E-state index is 11.0. The van der Waals surface area contributed by atoms with E-state index in [2.05, 4.69) is 20.5 Å². The van der Waals surface area contributed by atoms with E-state index in [0.717, 1.165) is 6.07 Å². The zero-order valence-corrected chi connectivity index (χ0v) is 10.4. The summed E-state index contributed by atoms with van der Waals surface area (Å²) in [7, 11) is 0. The summed E-state index contributed by atoms with van der Waals surface area (Å²) in [6, 6.07) is 4.05. The Balaban J connectivity index is 2.10. The van der Waals surface area contributed by atoms with Crippen LogP contribution < -0.4 is 11.1 Å². The molecule has 0 aliphatic carbocycles. The number of anilines is 1. The first-order chi connectivity index (χ1) is 9.58. The normalized spacial score (nSPS) is 10.2. The van der Waals surface area contributed by atoms with Crippen molar-refractivity contribution in [1.29, 1.82) is 0 Å². The van der Waals surface area contributed by atoms with Gasteiger partial charge >= 0.3 is 0 Å². The van der Waals surface area contributed by atoms with Crippen LogP contribution in [0, 0.1) is 10.1 Å². The lowest BCUT2D eigenvalue weighted by Crippen LogP contribution is -2.12. The van der Waals surface area contributed by atoms with Crippen molar-refractivity contribution in [2.75, 3.05) is 11.9 Å². The predicted octanol–water partition coefficient (Wildman–Crippen LogP) is 0.466. The number of nitrogens with zero attached hydrogens (tertiary/aromatic N) is 3. The molecule has 104 valence electrons. The first-order valence-corrected chi connectivity index (χ1v) is 5.74. The van der Waals surface area contributed by atoms with Crippen LogP contribution in [0.1, 0.15) is 16.2 Å². The molecule has 1 aromatic heterocycles. The molecule has 9 nitrogen and oxygen atoms in total. The van der Waals surface area contributed by atoms with E-state index >= 15 is 0 Å². The standard InChI is InChI=1S/C11H12N6O3/c12-11(18)7-1-2-8(9(5-7)17(19)20)13-4-3-10-14-6-15-16-10/h1-2,5-6,13H,3-4H2,(H2,12,18)(H,14,15,16). The molecule has 1 heterocycles. The molecule has 0 unspecified atom stereocenters. The number of hydrogen-bond donors (Lipinski definition) is 3. The number of hydrogen-bond acceptors (Lipinski definition) is 6. The second-order valence-corrected chi connectivity index (χ2v) is 3.96. The van der Waals surface area contributed by atoms with Crippen LogP contribution in [0.15, 0.2) is 24.5 Å². The van der Waals surface area contributed by atoms with Gasteiger partial charge in [-0.25, -0.2) is 4.98 Å². The molecule has 0 aliphatic heterocycles. The smallest absolute Gasteiger partial charge is 0.293 e. The number of rotatable bonds is 6. The maximum absolute atomic E-state index is 11.0. The summed E-state index contributed by atoms with van der Waals surface area (Å²) in [5, 5.41) is 20.3. The number of nitro groups is 1. The number of primary amides is 1. The van der Waals surface area contributed by atoms with Crippen LogP contribution in [0.5, 0.6) is 0 Å². The van der Waals surface area contributed by atoms with Crippen molar-refractivity contribution in [1.82, 2.24) is 15.2 Å². The minimum atomic E-state index is -0.707. The van der Waals surface area contributed by atoms with Crippen molar-refractivity contribution in [2.24, 2.45) is 5.73 Å². The first kappa shape index (κ1) is 13.5. The van der Waals surface area contributed by atoms with Crippen molar-refractivity contribution in [2.45, 2.75) is 6.42 Å². The van der Waals surface area contributed by atoms with Crippen molar-refractivity contribution < 1.29 is 9.72 Å². The molecule has 0 aliphatic rings. The van der Waals surface area contributed by atoms with Gasteiger partial charge in [0.1, 0.15) is 17.8 Å². The molecule has 2 aromatic rings. The average molecular weight is 276 g/mol. The second-order valence-electron chi connectivity index (χ2n) is 3.96. The van der Waals surface area contributed by atoms with Crippen molar-refractivity contribution in [3.8, 4) is 0 Å². The molecule has 1 aromatic carbocycles. The maximum Gasteiger partial charge on any atom is 0.293 e. The molecular weight excluding hydrogens is 264 g/mol. The van der Waals surface area contributed by atoms with Crippen LogP contribution in [0.3, 0.4) is 0 Å². The third-order valence-electron chi connectivity index (χ3n) is 2.62. The van der Waals surface area contributed by atoms with E-state index in [1.807, 2.05) is 0 Å². The van der Waals surface area contributed by atoms with Crippen LogP contribution in [0.4, 0.5) is 11.4 Å². The number of carbonyl (C=O) groups excluding carboxylic acids is 1. The number of aromatic amines is 1. The predicted molar refractivity (Wildman–Crippen MR) is 70.2 cm³/mol. The van der Waals surface area contributed by atoms with Gasteiger partial charge in [0.25, 0.3) is 5.69 Å². The molecule has 4 N–H and O–H groups in total. The Morgan fingerprint density at radius 2 is 2.30 bits per heavy atom. The molecule has 0 saturated carbocycles. The first-order valence-electron chi connectivity index (χ1n) is 5.74. The van der Waals surface area contributed by atoms with E-state index in [1.165, 1.54) is 18.5 Å². The number of aromatic nitrogens is 3. The van der Waals surface area contributed by atoms with Crippen LogP contribution in [0.25, 0.3) is 0 Å². The Labute approximate surface area is 113 Å². The van der Waals surface area contributed by atoms with Crippen molar-refractivity contribution >= 4 is 17.3 Å². The lowest BCUT2D eigenvalue weighted by atomic mass is 10.1. The topological polar surface area (TPSA) is 140 Å². The van der Waals surface area contributed by atoms with Gasteiger partial charge in [-0.05, 0) is 12.1 Å². The highest BCUT2D eigenvalue weighted by atomic mass is 16.6. The molecule has 0 fully saturated rings. The Hall–Kier alpha value is -2.97. The average Bonchev–Trinajstić information content (AvgIpc) is 2.91. The van der Waals surface area contributed by atoms with Gasteiger partial charge in [0.15, 0.2) is 0 Å². The monoisotopic (exact) mass is 276 g/mol. The lowest BCUT2D eigenvalue weighted by molar-refractivity contribution is -0.384. The Kier molecular flexibility index (Phi) is 3.89. The molecule has 0 saturated heterocycles. The Bertz CT molecular complexity index is 625. The third kappa shape index (κ3) is 3.07. The molecule has 0 radical (unpaired) electrons. The van der Waals surface area contributed by atoms with Gasteiger partial charge in [-0.1, -0.05) is 0 Å². The SMILES string of the molecule is NC(=O)c1ccc(NCCc2ncn[nH]2)c([N+](=O)[O-])c1. The lowest BCUT2D eigenvalue weighted by Gasteiger charge is -2.07. The number of nitrogens with one attached hydrogen (secondary N) is 2. The molecule has 0 spiro atoms. The zero-order valence-electron chi connectivity index (χ0n) is 10.4. The molecule has 20 heavy (non-hydrogen) atoms. The highest BCUT2D eigenvalue weighted by Crippen LogP contribution is 2.25. The fourth-order valence-electron chi connectivity index (χ4n) is 1.65. The van der Waals surface area contributed by atoms with E-state index in [4.69, 9.17) is 5.73 Å². The van der Waals surface area contributed by atoms with E-state index in [-0.39, 0.29) is 11.3 Å². The number of carbonyl (C=O) groups is 1. The highest BCUT2D eigenvalue weighted by molar-refractivity contribution is 5.94. The largest absolute Gasteiger partial charge is 0.379 e. The van der Waals surface area contributed by atoms with Gasteiger partial charge < -0.3 is 11.1 Å². The Morgan fingerprint density at radius 3 is 2.90 bits per heavy atom. The van der Waals surface area contributed by atoms with E-state index < -0.39 is 10.8 Å². The fourth-order valence-corrected chi connectivity index (χ4v) is 1.65. The summed E-state index contributed by atoms with van der Waals surface area (Å²) < 4.78 is 0. The second kappa shape index (κ2) is 5.78. The summed E-state index contributed by atoms with van der Waals surface area (Å²) in [6.45, 7) is 0.436. The number of H-pyrrole nitrogens is 1.